The van der Waals surface area contributed by atoms with Gasteiger partial charge < -0.3 is 10.1 Å². The molecule has 0 aliphatic carbocycles. The van der Waals surface area contributed by atoms with Gasteiger partial charge in [0.25, 0.3) is 0 Å². The minimum Gasteiger partial charge on any atom is -0.468 e. The van der Waals surface area contributed by atoms with Gasteiger partial charge in [0.2, 0.25) is 0 Å². The lowest BCUT2D eigenvalue weighted by molar-refractivity contribution is -0.145. The van der Waals surface area contributed by atoms with E-state index in [9.17, 15) is 22.4 Å². The Hall–Kier alpha value is -2.90. The monoisotopic (exact) mass is 366 g/mol. The molecule has 8 heteroatoms. The smallest absolute Gasteiger partial charge is 0.430 e. The van der Waals surface area contributed by atoms with E-state index in [-0.39, 0.29) is 5.69 Å². The van der Waals surface area contributed by atoms with Crippen LogP contribution in [0.1, 0.15) is 11.6 Å². The van der Waals surface area contributed by atoms with Crippen LogP contribution in [-0.4, -0.2) is 25.0 Å². The Morgan fingerprint density at radius 3 is 2.38 bits per heavy atom. The summed E-state index contributed by atoms with van der Waals surface area (Å²) >= 11 is 0. The summed E-state index contributed by atoms with van der Waals surface area (Å²) in [5.41, 5.74) is -0.583. The molecule has 2 atom stereocenters. The van der Waals surface area contributed by atoms with Crippen molar-refractivity contribution in [2.24, 2.45) is 10.9 Å². The quantitative estimate of drug-likeness (QED) is 0.632. The first-order chi connectivity index (χ1) is 12.3. The van der Waals surface area contributed by atoms with E-state index in [1.807, 2.05) is 0 Å². The standard InChI is InChI=1S/C18H14F4N2O2/c1-26-17(25)14-15(10-6-8-11(19)9-7-10)23-12-4-2-3-5-13(12)24-16(14)18(20,21)22/h2-9,14-15,23H,1H3. The van der Waals surface area contributed by atoms with Gasteiger partial charge in [-0.25, -0.2) is 9.38 Å². The molecule has 0 amide bonds. The lowest BCUT2D eigenvalue weighted by Gasteiger charge is -2.27. The highest BCUT2D eigenvalue weighted by molar-refractivity contribution is 6.08. The predicted octanol–water partition coefficient (Wildman–Crippen LogP) is 4.42. The topological polar surface area (TPSA) is 50.7 Å². The number of para-hydroxylation sites is 2. The van der Waals surface area contributed by atoms with Crippen LogP contribution < -0.4 is 5.32 Å². The van der Waals surface area contributed by atoms with Gasteiger partial charge in [0.1, 0.15) is 17.4 Å². The molecule has 2 aromatic rings. The number of benzene rings is 2. The van der Waals surface area contributed by atoms with E-state index in [2.05, 4.69) is 15.0 Å². The van der Waals surface area contributed by atoms with Crippen molar-refractivity contribution in [2.45, 2.75) is 12.2 Å². The Labute approximate surface area is 146 Å². The fraction of sp³-hybridized carbons (Fsp3) is 0.222. The number of nitrogens with one attached hydrogen (secondary N) is 1. The molecule has 2 unspecified atom stereocenters. The Kier molecular flexibility index (Phi) is 4.67. The van der Waals surface area contributed by atoms with E-state index in [4.69, 9.17) is 0 Å². The third kappa shape index (κ3) is 3.40. The van der Waals surface area contributed by atoms with Crippen LogP contribution in [0.4, 0.5) is 28.9 Å². The van der Waals surface area contributed by atoms with Gasteiger partial charge in [-0.2, -0.15) is 13.2 Å². The number of alkyl halides is 3. The molecule has 3 rings (SSSR count). The summed E-state index contributed by atoms with van der Waals surface area (Å²) in [7, 11) is 1.01. The molecule has 2 aromatic carbocycles. The molecule has 0 spiro atoms. The molecular formula is C18H14F4N2O2. The zero-order valence-electron chi connectivity index (χ0n) is 13.5. The molecule has 0 bridgehead atoms. The maximum atomic E-state index is 13.7. The Bertz CT molecular complexity index is 847. The van der Waals surface area contributed by atoms with Crippen molar-refractivity contribution in [1.82, 2.24) is 0 Å². The number of aliphatic imine (C=N–C) groups is 1. The zero-order valence-corrected chi connectivity index (χ0v) is 13.5. The summed E-state index contributed by atoms with van der Waals surface area (Å²) in [4.78, 5) is 16.0. The lowest BCUT2D eigenvalue weighted by atomic mass is 9.88. The Balaban J connectivity index is 2.22. The van der Waals surface area contributed by atoms with Crippen LogP contribution in [0, 0.1) is 11.7 Å². The van der Waals surface area contributed by atoms with Gasteiger partial charge >= 0.3 is 12.1 Å². The molecule has 0 fully saturated rings. The van der Waals surface area contributed by atoms with Gasteiger partial charge in [-0.1, -0.05) is 24.3 Å². The minimum absolute atomic E-state index is 0.0540. The van der Waals surface area contributed by atoms with Crippen molar-refractivity contribution < 1.29 is 27.1 Å². The van der Waals surface area contributed by atoms with Crippen molar-refractivity contribution in [3.8, 4) is 0 Å². The van der Waals surface area contributed by atoms with Crippen molar-refractivity contribution in [3.05, 3.63) is 59.9 Å². The molecule has 1 heterocycles. The van der Waals surface area contributed by atoms with Crippen LogP contribution in [0.3, 0.4) is 0 Å². The first kappa shape index (κ1) is 17.9. The number of rotatable bonds is 2. The molecule has 1 aliphatic rings. The maximum absolute atomic E-state index is 13.7. The Morgan fingerprint density at radius 1 is 1.12 bits per heavy atom. The van der Waals surface area contributed by atoms with Gasteiger partial charge in [0.05, 0.1) is 24.5 Å². The fourth-order valence-electron chi connectivity index (χ4n) is 2.86. The van der Waals surface area contributed by atoms with Gasteiger partial charge in [0, 0.05) is 0 Å². The van der Waals surface area contributed by atoms with Crippen LogP contribution in [0.5, 0.6) is 0 Å². The molecular weight excluding hydrogens is 352 g/mol. The number of ether oxygens (including phenoxy) is 1. The summed E-state index contributed by atoms with van der Waals surface area (Å²) in [6.45, 7) is 0. The number of carbonyl (C=O) groups excluding carboxylic acids is 1. The van der Waals surface area contributed by atoms with Crippen LogP contribution in [-0.2, 0) is 9.53 Å². The molecule has 0 radical (unpaired) electrons. The van der Waals surface area contributed by atoms with Crippen molar-refractivity contribution in [2.75, 3.05) is 12.4 Å². The van der Waals surface area contributed by atoms with Crippen molar-refractivity contribution in [3.63, 3.8) is 0 Å². The average molecular weight is 366 g/mol. The highest BCUT2D eigenvalue weighted by Crippen LogP contribution is 2.41. The third-order valence-corrected chi connectivity index (χ3v) is 4.06. The highest BCUT2D eigenvalue weighted by atomic mass is 19.4. The second-order valence-corrected chi connectivity index (χ2v) is 5.69. The molecule has 0 aromatic heterocycles. The first-order valence-electron chi connectivity index (χ1n) is 7.66. The van der Waals surface area contributed by atoms with Crippen molar-refractivity contribution >= 4 is 23.1 Å². The fourth-order valence-corrected chi connectivity index (χ4v) is 2.86. The zero-order chi connectivity index (χ0) is 18.9. The second kappa shape index (κ2) is 6.78. The first-order valence-corrected chi connectivity index (χ1v) is 7.66. The average Bonchev–Trinajstić information content (AvgIpc) is 2.78. The summed E-state index contributed by atoms with van der Waals surface area (Å²) < 4.78 is 58.9. The molecule has 1 N–H and O–H groups in total. The minimum atomic E-state index is -4.85. The normalized spacial score (nSPS) is 19.7. The summed E-state index contributed by atoms with van der Waals surface area (Å²) in [5, 5.41) is 2.92. The molecule has 0 saturated carbocycles. The second-order valence-electron chi connectivity index (χ2n) is 5.69. The number of hydrogen-bond acceptors (Lipinski definition) is 4. The van der Waals surface area contributed by atoms with Crippen LogP contribution >= 0.6 is 0 Å². The van der Waals surface area contributed by atoms with Gasteiger partial charge in [-0.05, 0) is 29.8 Å². The number of methoxy groups -OCH3 is 1. The maximum Gasteiger partial charge on any atom is 0.430 e. The van der Waals surface area contributed by atoms with Gasteiger partial charge in [-0.3, -0.25) is 4.79 Å². The number of fused-ring (bicyclic) bond motifs is 1. The molecule has 1 aliphatic heterocycles. The van der Waals surface area contributed by atoms with E-state index in [0.29, 0.717) is 11.3 Å². The predicted molar refractivity (Wildman–Crippen MR) is 87.9 cm³/mol. The van der Waals surface area contributed by atoms with E-state index in [1.54, 1.807) is 18.2 Å². The molecule has 136 valence electrons. The SMILES string of the molecule is COC(=O)C1C(C(F)(F)F)=Nc2ccccc2NC1c1ccc(F)cc1. The van der Waals surface area contributed by atoms with Crippen LogP contribution in [0.25, 0.3) is 0 Å². The van der Waals surface area contributed by atoms with Gasteiger partial charge in [0.15, 0.2) is 0 Å². The summed E-state index contributed by atoms with van der Waals surface area (Å²) in [5.74, 6) is -3.38. The van der Waals surface area contributed by atoms with Crippen LogP contribution in [0.15, 0.2) is 53.5 Å². The molecule has 26 heavy (non-hydrogen) atoms. The third-order valence-electron chi connectivity index (χ3n) is 4.06. The van der Waals surface area contributed by atoms with E-state index in [1.165, 1.54) is 18.2 Å². The molecule has 4 nitrogen and oxygen atoms in total. The molecule has 0 saturated heterocycles. The summed E-state index contributed by atoms with van der Waals surface area (Å²) in [6, 6.07) is 9.90. The number of anilines is 1. The van der Waals surface area contributed by atoms with E-state index >= 15 is 0 Å². The number of nitrogens with zero attached hydrogens (tertiary/aromatic N) is 1. The van der Waals surface area contributed by atoms with E-state index in [0.717, 1.165) is 19.2 Å². The Morgan fingerprint density at radius 2 is 1.77 bits per heavy atom. The lowest BCUT2D eigenvalue weighted by Crippen LogP contribution is -2.41. The van der Waals surface area contributed by atoms with Crippen molar-refractivity contribution in [1.29, 1.82) is 0 Å². The number of esters is 1. The highest BCUT2D eigenvalue weighted by Gasteiger charge is 2.49. The largest absolute Gasteiger partial charge is 0.468 e. The number of halogens is 4. The van der Waals surface area contributed by atoms with Gasteiger partial charge in [-0.15, -0.1) is 0 Å². The summed E-state index contributed by atoms with van der Waals surface area (Å²) in [6.07, 6.45) is -4.85. The number of carbonyl (C=O) groups is 1. The van der Waals surface area contributed by atoms with E-state index < -0.39 is 35.6 Å². The van der Waals surface area contributed by atoms with Crippen LogP contribution in [0.2, 0.25) is 0 Å². The number of hydrogen-bond donors (Lipinski definition) is 1.